The minimum atomic E-state index is -0.880. The molecule has 16 heavy (non-hydrogen) atoms. The highest BCUT2D eigenvalue weighted by Gasteiger charge is 2.09. The summed E-state index contributed by atoms with van der Waals surface area (Å²) in [5, 5.41) is 9.84. The maximum atomic E-state index is 11.0. The lowest BCUT2D eigenvalue weighted by Gasteiger charge is -2.02. The number of carboxylic acid groups (broad SMARTS) is 1. The quantitative estimate of drug-likeness (QED) is 0.800. The van der Waals surface area contributed by atoms with Gasteiger partial charge in [0.05, 0.1) is 5.56 Å². The molecule has 2 rings (SSSR count). The van der Waals surface area contributed by atoms with Gasteiger partial charge in [-0.15, -0.1) is 0 Å². The molecule has 82 valence electrons. The Morgan fingerprint density at radius 1 is 1.44 bits per heavy atom. The van der Waals surface area contributed by atoms with Gasteiger partial charge in [-0.2, -0.15) is 0 Å². The smallest absolute Gasteiger partial charge is 0.336 e. The summed E-state index contributed by atoms with van der Waals surface area (Å²) in [5.74, 6) is -0.880. The van der Waals surface area contributed by atoms with E-state index >= 15 is 0 Å². The standard InChI is InChI=1S/C13H13NO2/c1-2-3-8-14-9-7-10-11(13(15)16)5-4-6-12(10)14/h2-7,9H,8H2,1H3,(H,15,16)/b3-2+. The van der Waals surface area contributed by atoms with Crippen molar-refractivity contribution in [1.29, 1.82) is 0 Å². The number of rotatable bonds is 3. The molecule has 0 atom stereocenters. The van der Waals surface area contributed by atoms with Crippen molar-refractivity contribution in [1.82, 2.24) is 4.57 Å². The third-order valence-corrected chi connectivity index (χ3v) is 2.58. The van der Waals surface area contributed by atoms with Crippen molar-refractivity contribution in [3.05, 3.63) is 48.2 Å². The second-order valence-corrected chi connectivity index (χ2v) is 3.58. The van der Waals surface area contributed by atoms with Crippen molar-refractivity contribution in [3.63, 3.8) is 0 Å². The molecule has 0 bridgehead atoms. The van der Waals surface area contributed by atoms with Crippen molar-refractivity contribution in [2.75, 3.05) is 0 Å². The van der Waals surface area contributed by atoms with Crippen LogP contribution in [-0.4, -0.2) is 15.6 Å². The summed E-state index contributed by atoms with van der Waals surface area (Å²) < 4.78 is 2.03. The summed E-state index contributed by atoms with van der Waals surface area (Å²) in [7, 11) is 0. The van der Waals surface area contributed by atoms with Crippen LogP contribution in [0.4, 0.5) is 0 Å². The average molecular weight is 215 g/mol. The molecule has 1 aromatic carbocycles. The van der Waals surface area contributed by atoms with Gasteiger partial charge in [-0.1, -0.05) is 18.2 Å². The van der Waals surface area contributed by atoms with E-state index in [4.69, 9.17) is 5.11 Å². The minimum Gasteiger partial charge on any atom is -0.478 e. The zero-order chi connectivity index (χ0) is 11.5. The number of nitrogens with zero attached hydrogens (tertiary/aromatic N) is 1. The SMILES string of the molecule is C/C=C/Cn1ccc2c(C(=O)O)cccc21. The van der Waals surface area contributed by atoms with Gasteiger partial charge in [0.2, 0.25) is 0 Å². The van der Waals surface area contributed by atoms with Crippen LogP contribution in [0.2, 0.25) is 0 Å². The van der Waals surface area contributed by atoms with Crippen molar-refractivity contribution in [2.45, 2.75) is 13.5 Å². The number of fused-ring (bicyclic) bond motifs is 1. The van der Waals surface area contributed by atoms with Gasteiger partial charge in [0.25, 0.3) is 0 Å². The van der Waals surface area contributed by atoms with E-state index < -0.39 is 5.97 Å². The molecule has 1 heterocycles. The fraction of sp³-hybridized carbons (Fsp3) is 0.154. The van der Waals surface area contributed by atoms with Crippen molar-refractivity contribution < 1.29 is 9.90 Å². The number of aromatic nitrogens is 1. The zero-order valence-electron chi connectivity index (χ0n) is 9.05. The van der Waals surface area contributed by atoms with E-state index in [-0.39, 0.29) is 0 Å². The van der Waals surface area contributed by atoms with Crippen LogP contribution in [-0.2, 0) is 6.54 Å². The Bertz CT molecular complexity index is 552. The van der Waals surface area contributed by atoms with Crippen LogP contribution in [0.25, 0.3) is 10.9 Å². The minimum absolute atomic E-state index is 0.358. The van der Waals surface area contributed by atoms with Gasteiger partial charge in [-0.25, -0.2) is 4.79 Å². The van der Waals surface area contributed by atoms with Gasteiger partial charge in [0, 0.05) is 23.6 Å². The van der Waals surface area contributed by atoms with Gasteiger partial charge in [-0.05, 0) is 25.1 Å². The first kappa shape index (κ1) is 10.5. The van der Waals surface area contributed by atoms with Crippen molar-refractivity contribution >= 4 is 16.9 Å². The Kier molecular flexibility index (Phi) is 2.77. The Hall–Kier alpha value is -2.03. The Morgan fingerprint density at radius 2 is 2.25 bits per heavy atom. The molecular weight excluding hydrogens is 202 g/mol. The molecule has 0 saturated carbocycles. The molecule has 0 saturated heterocycles. The fourth-order valence-electron chi connectivity index (χ4n) is 1.79. The summed E-state index contributed by atoms with van der Waals surface area (Å²) in [5.41, 5.74) is 1.31. The molecule has 0 unspecified atom stereocenters. The molecule has 2 aromatic rings. The third kappa shape index (κ3) is 1.72. The Morgan fingerprint density at radius 3 is 2.94 bits per heavy atom. The van der Waals surface area contributed by atoms with E-state index in [1.807, 2.05) is 42.0 Å². The molecule has 0 aliphatic heterocycles. The molecule has 1 aromatic heterocycles. The van der Waals surface area contributed by atoms with Crippen molar-refractivity contribution in [2.24, 2.45) is 0 Å². The molecule has 0 aliphatic carbocycles. The summed E-state index contributed by atoms with van der Waals surface area (Å²) in [6.07, 6.45) is 5.93. The van der Waals surface area contributed by atoms with Crippen LogP contribution in [0.3, 0.4) is 0 Å². The average Bonchev–Trinajstić information content (AvgIpc) is 2.69. The summed E-state index contributed by atoms with van der Waals surface area (Å²) >= 11 is 0. The number of aromatic carboxylic acids is 1. The molecule has 0 aliphatic rings. The van der Waals surface area contributed by atoms with Gasteiger partial charge in [0.15, 0.2) is 0 Å². The molecule has 0 spiro atoms. The van der Waals surface area contributed by atoms with Gasteiger partial charge in [0.1, 0.15) is 0 Å². The second-order valence-electron chi connectivity index (χ2n) is 3.58. The highest BCUT2D eigenvalue weighted by molar-refractivity contribution is 6.02. The van der Waals surface area contributed by atoms with E-state index in [1.165, 1.54) is 0 Å². The molecule has 0 fully saturated rings. The summed E-state index contributed by atoms with van der Waals surface area (Å²) in [6, 6.07) is 7.19. The second kappa shape index (κ2) is 4.23. The van der Waals surface area contributed by atoms with Gasteiger partial charge in [-0.3, -0.25) is 0 Å². The van der Waals surface area contributed by atoms with E-state index in [0.29, 0.717) is 5.56 Å². The third-order valence-electron chi connectivity index (χ3n) is 2.58. The lowest BCUT2D eigenvalue weighted by atomic mass is 10.1. The Balaban J connectivity index is 2.56. The first-order valence-electron chi connectivity index (χ1n) is 5.16. The van der Waals surface area contributed by atoms with Crippen LogP contribution in [0.15, 0.2) is 42.6 Å². The van der Waals surface area contributed by atoms with Crippen LogP contribution in [0, 0.1) is 0 Å². The molecule has 3 heteroatoms. The van der Waals surface area contributed by atoms with Crippen LogP contribution in [0.5, 0.6) is 0 Å². The maximum absolute atomic E-state index is 11.0. The lowest BCUT2D eigenvalue weighted by Crippen LogP contribution is -1.97. The number of allylic oxidation sites excluding steroid dienone is 2. The summed E-state index contributed by atoms with van der Waals surface area (Å²) in [6.45, 7) is 2.73. The van der Waals surface area contributed by atoms with Crippen LogP contribution < -0.4 is 0 Å². The van der Waals surface area contributed by atoms with E-state index in [0.717, 1.165) is 17.4 Å². The topological polar surface area (TPSA) is 42.2 Å². The van der Waals surface area contributed by atoms with Gasteiger partial charge < -0.3 is 9.67 Å². The fourth-order valence-corrected chi connectivity index (χ4v) is 1.79. The van der Waals surface area contributed by atoms with Crippen molar-refractivity contribution in [3.8, 4) is 0 Å². The predicted molar refractivity (Wildman–Crippen MR) is 63.7 cm³/mol. The molecule has 0 radical (unpaired) electrons. The first-order valence-corrected chi connectivity index (χ1v) is 5.16. The number of carboxylic acids is 1. The van der Waals surface area contributed by atoms with Crippen LogP contribution in [0.1, 0.15) is 17.3 Å². The predicted octanol–water partition coefficient (Wildman–Crippen LogP) is 2.92. The molecule has 0 amide bonds. The van der Waals surface area contributed by atoms with E-state index in [2.05, 4.69) is 0 Å². The largest absolute Gasteiger partial charge is 0.478 e. The van der Waals surface area contributed by atoms with E-state index in [9.17, 15) is 4.79 Å². The number of hydrogen-bond acceptors (Lipinski definition) is 1. The monoisotopic (exact) mass is 215 g/mol. The highest BCUT2D eigenvalue weighted by Crippen LogP contribution is 2.20. The molecular formula is C13H13NO2. The number of benzene rings is 1. The van der Waals surface area contributed by atoms with Crippen LogP contribution >= 0.6 is 0 Å². The lowest BCUT2D eigenvalue weighted by molar-refractivity contribution is 0.0699. The van der Waals surface area contributed by atoms with E-state index in [1.54, 1.807) is 12.1 Å². The normalized spacial score (nSPS) is 11.3. The molecule has 3 nitrogen and oxygen atoms in total. The first-order chi connectivity index (χ1) is 7.74. The zero-order valence-corrected chi connectivity index (χ0v) is 9.05. The highest BCUT2D eigenvalue weighted by atomic mass is 16.4. The Labute approximate surface area is 93.6 Å². The number of hydrogen-bond donors (Lipinski definition) is 1. The molecule has 1 N–H and O–H groups in total. The van der Waals surface area contributed by atoms with Gasteiger partial charge >= 0.3 is 5.97 Å². The summed E-state index contributed by atoms with van der Waals surface area (Å²) in [4.78, 5) is 11.0. The maximum Gasteiger partial charge on any atom is 0.336 e. The number of carbonyl (C=O) groups is 1.